The summed E-state index contributed by atoms with van der Waals surface area (Å²) in [6.07, 6.45) is 1.13. The Kier molecular flexibility index (Phi) is 24.2. The maximum atomic E-state index is 15.9. The lowest BCUT2D eigenvalue weighted by molar-refractivity contribution is -0.158. The van der Waals surface area contributed by atoms with E-state index in [2.05, 4.69) is 31.5 Å². The van der Waals surface area contributed by atoms with Crippen LogP contribution in [-0.2, 0) is 59.0 Å². The minimum absolute atomic E-state index is 0.0166. The van der Waals surface area contributed by atoms with Crippen LogP contribution in [0, 0.1) is 17.7 Å². The normalized spacial score (nSPS) is 27.4. The summed E-state index contributed by atoms with van der Waals surface area (Å²) in [7, 11) is 5.33. The molecule has 28 heteroatoms. The molecule has 8 saturated heterocycles. The number of ether oxygens (including phenoxy) is 2. The van der Waals surface area contributed by atoms with Crippen molar-refractivity contribution in [2.75, 3.05) is 120 Å². The van der Waals surface area contributed by atoms with Crippen molar-refractivity contribution in [3.8, 4) is 0 Å². The molecule has 3 aromatic rings. The first-order valence-corrected chi connectivity index (χ1v) is 35.6. The maximum Gasteiger partial charge on any atom is 0.414 e. The lowest BCUT2D eigenvalue weighted by Gasteiger charge is -2.45. The summed E-state index contributed by atoms with van der Waals surface area (Å²) < 4.78 is 27.0. The van der Waals surface area contributed by atoms with Crippen molar-refractivity contribution in [1.82, 2.24) is 51.1 Å². The standard InChI is InChI=1S/C70H94FN13O13S/c1-7-53-65(90)82-28-14-17-55(82)66(91)78(6)57(35-45-19-21-49(22-20-45)77(4)5)67(92)84-39-48(42-98-59-41-79-29-25-46(59)26-30-79)58(86)37-56(84)63(88)76-62(47-15-10-8-11-16-47)68(93)96-43(2)61(64(89)74-53)75-60(87)18-12-9-13-27-72-69(94)81-33-31-80(32-34-81)54-24-23-50(36-52(54)71)83-40-51(97-70(83)95)38-73-44(3)85/h8,10-11,15-16,19-24,36,43,46,48,51,53,55-57,59,61-62H,7,9,12-14,17-18,25-35,37-42H2,1-6H3,(H,72,94)(H,73,85)(H,74,89)(H,75,87)(H,76,88)/t43-,48+,51+,53-,55+,56+,57+,59?,61+,62+/m1/s1. The Bertz CT molecular complexity index is 3410. The van der Waals surface area contributed by atoms with E-state index in [4.69, 9.17) is 9.47 Å². The van der Waals surface area contributed by atoms with Crippen LogP contribution in [0.1, 0.15) is 102 Å². The topological polar surface area (TPSA) is 292 Å². The number of Topliss-reactive ketones (excluding diaryl/α,β-unsaturated/α-hetero) is 1. The van der Waals surface area contributed by atoms with E-state index in [-0.39, 0.29) is 88.1 Å². The molecular weight excluding hydrogens is 1280 g/mol. The third-order valence-corrected chi connectivity index (χ3v) is 21.7. The molecular formula is C70H94FN13O13S. The van der Waals surface area contributed by atoms with Crippen LogP contribution in [-0.4, -0.2) is 243 Å². The summed E-state index contributed by atoms with van der Waals surface area (Å²) in [4.78, 5) is 170. The molecule has 11 rings (SSSR count). The summed E-state index contributed by atoms with van der Waals surface area (Å²) in [6, 6.07) is 11.9. The second-order valence-corrected chi connectivity index (χ2v) is 28.3. The van der Waals surface area contributed by atoms with Crippen molar-refractivity contribution in [3.63, 3.8) is 0 Å². The van der Waals surface area contributed by atoms with Gasteiger partial charge < -0.3 is 70.4 Å². The Morgan fingerprint density at radius 2 is 1.49 bits per heavy atom. The molecule has 10 amide bonds. The van der Waals surface area contributed by atoms with Crippen LogP contribution in [0.2, 0.25) is 0 Å². The molecule has 10 atom stereocenters. The molecule has 8 fully saturated rings. The van der Waals surface area contributed by atoms with E-state index in [1.807, 2.05) is 48.2 Å². The number of halogens is 1. The van der Waals surface area contributed by atoms with Gasteiger partial charge in [-0.15, -0.1) is 0 Å². The molecule has 8 aliphatic heterocycles. The van der Waals surface area contributed by atoms with Gasteiger partial charge in [0.05, 0.1) is 24.5 Å². The first kappa shape index (κ1) is 72.2. The highest BCUT2D eigenvalue weighted by atomic mass is 32.2. The number of fused-ring (bicyclic) bond motifs is 5. The maximum absolute atomic E-state index is 15.9. The number of carbonyl (C=O) groups excluding carboxylic acids is 11. The second-order valence-electron chi connectivity index (χ2n) is 27.0. The van der Waals surface area contributed by atoms with Crippen molar-refractivity contribution < 1.29 is 66.6 Å². The van der Waals surface area contributed by atoms with E-state index in [0.29, 0.717) is 85.7 Å². The molecule has 98 heavy (non-hydrogen) atoms. The predicted octanol–water partition coefficient (Wildman–Crippen LogP) is 3.60. The first-order valence-electron chi connectivity index (χ1n) is 34.5. The van der Waals surface area contributed by atoms with E-state index in [9.17, 15) is 38.4 Å². The lowest BCUT2D eigenvalue weighted by Crippen LogP contribution is -2.63. The van der Waals surface area contributed by atoms with Crippen molar-refractivity contribution in [1.29, 1.82) is 0 Å². The van der Waals surface area contributed by atoms with Gasteiger partial charge in [0.25, 0.3) is 0 Å². The molecule has 0 aliphatic carbocycles. The van der Waals surface area contributed by atoms with E-state index in [0.717, 1.165) is 38.2 Å². The van der Waals surface area contributed by atoms with E-state index >= 15 is 18.8 Å². The fourth-order valence-electron chi connectivity index (χ4n) is 14.3. The zero-order chi connectivity index (χ0) is 69.9. The Balaban J connectivity index is 0.816. The smallest absolute Gasteiger partial charge is 0.414 e. The molecule has 5 N–H and O–H groups in total. The number of anilines is 3. The third-order valence-electron chi connectivity index (χ3n) is 20.1. The number of nitrogens with zero attached hydrogens (tertiary/aromatic N) is 8. The van der Waals surface area contributed by atoms with Gasteiger partial charge >= 0.3 is 18.1 Å². The summed E-state index contributed by atoms with van der Waals surface area (Å²) in [5.74, 6) is -5.69. The van der Waals surface area contributed by atoms with Crippen molar-refractivity contribution in [3.05, 3.63) is 89.7 Å². The van der Waals surface area contributed by atoms with Crippen LogP contribution in [0.25, 0.3) is 0 Å². The minimum Gasteiger partial charge on any atom is -0.458 e. The zero-order valence-electron chi connectivity index (χ0n) is 56.9. The monoisotopic (exact) mass is 1380 g/mol. The van der Waals surface area contributed by atoms with Gasteiger partial charge in [-0.25, -0.2) is 18.8 Å². The van der Waals surface area contributed by atoms with E-state index in [1.165, 1.54) is 46.6 Å². The van der Waals surface area contributed by atoms with Crippen molar-refractivity contribution >= 4 is 94.1 Å². The molecule has 0 aromatic heterocycles. The van der Waals surface area contributed by atoms with Crippen LogP contribution in [0.4, 0.5) is 31.0 Å². The Hall–Kier alpha value is -8.53. The number of urea groups is 1. The van der Waals surface area contributed by atoms with E-state index in [1.54, 1.807) is 66.1 Å². The van der Waals surface area contributed by atoms with Gasteiger partial charge in [-0.3, -0.25) is 43.3 Å². The number of nitrogens with one attached hydrogen (secondary N) is 5. The van der Waals surface area contributed by atoms with Gasteiger partial charge in [-0.2, -0.15) is 11.8 Å². The number of likely N-dealkylation sites (N-methyl/N-ethyl adjacent to an activating group) is 1. The number of carbonyl (C=O) groups is 11. The van der Waals surface area contributed by atoms with Gasteiger partial charge in [0, 0.05) is 122 Å². The highest BCUT2D eigenvalue weighted by Gasteiger charge is 2.48. The molecule has 8 heterocycles. The molecule has 8 aliphatic rings. The number of unbranched alkanes of at least 4 members (excludes halogenated alkanes) is 2. The zero-order valence-corrected chi connectivity index (χ0v) is 57.7. The number of rotatable bonds is 19. The average molecular weight is 1380 g/mol. The van der Waals surface area contributed by atoms with Gasteiger partial charge in [-0.05, 0) is 112 Å². The number of esters is 1. The number of hydrogen-bond acceptors (Lipinski definition) is 17. The molecule has 0 radical (unpaired) electrons. The Morgan fingerprint density at radius 1 is 0.755 bits per heavy atom. The second kappa shape index (κ2) is 32.9. The number of hydrogen-bond donors (Lipinski definition) is 5. The summed E-state index contributed by atoms with van der Waals surface area (Å²) >= 11 is 1.73. The molecule has 26 nitrogen and oxygen atoms in total. The molecule has 2 bridgehead atoms. The molecule has 3 aromatic carbocycles. The summed E-state index contributed by atoms with van der Waals surface area (Å²) in [5, 5.41) is 14.2. The van der Waals surface area contributed by atoms with Crippen LogP contribution in [0.3, 0.4) is 0 Å². The highest BCUT2D eigenvalue weighted by Crippen LogP contribution is 2.38. The van der Waals surface area contributed by atoms with Gasteiger partial charge in [0.1, 0.15) is 54.0 Å². The largest absolute Gasteiger partial charge is 0.458 e. The number of ketones is 1. The van der Waals surface area contributed by atoms with E-state index < -0.39 is 108 Å². The number of cyclic esters (lactones) is 2. The van der Waals surface area contributed by atoms with Crippen LogP contribution >= 0.6 is 11.8 Å². The molecule has 0 saturated carbocycles. The van der Waals surface area contributed by atoms with Crippen LogP contribution < -0.4 is 41.3 Å². The summed E-state index contributed by atoms with van der Waals surface area (Å²) in [5.41, 5.74) is 2.53. The molecule has 0 spiro atoms. The van der Waals surface area contributed by atoms with Gasteiger partial charge in [-0.1, -0.05) is 55.8 Å². The van der Waals surface area contributed by atoms with Crippen molar-refractivity contribution in [2.24, 2.45) is 11.8 Å². The minimum atomic E-state index is -1.58. The molecule has 1 unspecified atom stereocenters. The third kappa shape index (κ3) is 17.5. The number of piperidine rings is 4. The first-order chi connectivity index (χ1) is 47.0. The fourth-order valence-corrected chi connectivity index (χ4v) is 15.9. The highest BCUT2D eigenvalue weighted by molar-refractivity contribution is 8.00. The average Bonchev–Trinajstić information content (AvgIpc) is 1.26. The summed E-state index contributed by atoms with van der Waals surface area (Å²) in [6.45, 7) is 9.36. The van der Waals surface area contributed by atoms with Gasteiger partial charge in [0.15, 0.2) is 6.04 Å². The Morgan fingerprint density at radius 3 is 2.16 bits per heavy atom. The van der Waals surface area contributed by atoms with Crippen molar-refractivity contribution in [2.45, 2.75) is 145 Å². The predicted molar refractivity (Wildman–Crippen MR) is 365 cm³/mol. The quantitative estimate of drug-likeness (QED) is 0.0846. The fraction of sp³-hybridized carbons (Fsp3) is 0.586. The van der Waals surface area contributed by atoms with Gasteiger partial charge in [0.2, 0.25) is 41.4 Å². The molecule has 530 valence electrons. The SMILES string of the molecule is CC[C@H]1NC(=O)[C@@H](NC(=O)CCCCCNC(=O)N2CCN(c3ccc(N4C[C@H](CNC(C)=O)OC4=O)cc3F)CC2)[C@@H](C)OC(=O)[C@H](c2ccccc2)NC(=O)[C@@H]2CC(=O)[C@H](CSC3CN4CCC3CC4)CN2C(=O)[C@H](Cc2ccc(N(C)C)cc2)N(C)C(=O)[C@@H]2CCCN2C1=O. The van der Waals surface area contributed by atoms with Crippen LogP contribution in [0.15, 0.2) is 72.8 Å². The number of benzene rings is 3. The lowest BCUT2D eigenvalue weighted by atomic mass is 9.88. The number of amides is 10. The van der Waals surface area contributed by atoms with Crippen LogP contribution in [0.5, 0.6) is 0 Å². The number of thioether (sulfide) groups is 1. The Labute approximate surface area is 576 Å². The number of piperazine rings is 1.